The number of rotatable bonds is 4. The number of hydrazine groups is 1. The number of nitrogens with two attached hydrogens (primary N) is 1. The first kappa shape index (κ1) is 9.67. The lowest BCUT2D eigenvalue weighted by Gasteiger charge is -2.10. The smallest absolute Gasteiger partial charge is 0.162 e. The van der Waals surface area contributed by atoms with Crippen LogP contribution in [-0.4, -0.2) is 13.7 Å². The first-order valence-corrected chi connectivity index (χ1v) is 4.09. The van der Waals surface area contributed by atoms with Crippen molar-refractivity contribution in [2.45, 2.75) is 6.92 Å². The van der Waals surface area contributed by atoms with Crippen LogP contribution in [0.2, 0.25) is 0 Å². The van der Waals surface area contributed by atoms with Crippen molar-refractivity contribution in [2.75, 3.05) is 19.1 Å². The van der Waals surface area contributed by atoms with Crippen LogP contribution in [0.15, 0.2) is 18.2 Å². The van der Waals surface area contributed by atoms with Gasteiger partial charge >= 0.3 is 0 Å². The second-order valence-corrected chi connectivity index (χ2v) is 2.44. The molecule has 4 nitrogen and oxygen atoms in total. The van der Waals surface area contributed by atoms with Crippen molar-refractivity contribution in [3.8, 4) is 11.5 Å². The molecule has 0 amide bonds. The van der Waals surface area contributed by atoms with Gasteiger partial charge in [0.05, 0.1) is 19.4 Å². The molecule has 3 N–H and O–H groups in total. The molecule has 0 aliphatic heterocycles. The standard InChI is InChI=1S/C9H14N2O2/c1-3-13-8-5-4-7(11-10)6-9(8)12-2/h4-6,11H,3,10H2,1-2H3. The number of nitrogens with one attached hydrogen (secondary N) is 1. The van der Waals surface area contributed by atoms with Crippen molar-refractivity contribution < 1.29 is 9.47 Å². The Kier molecular flexibility index (Phi) is 3.40. The molecule has 0 bridgehead atoms. The van der Waals surface area contributed by atoms with E-state index in [4.69, 9.17) is 15.3 Å². The first-order valence-electron chi connectivity index (χ1n) is 4.09. The molecular weight excluding hydrogens is 168 g/mol. The monoisotopic (exact) mass is 182 g/mol. The molecule has 0 heterocycles. The van der Waals surface area contributed by atoms with E-state index in [-0.39, 0.29) is 0 Å². The third-order valence-corrected chi connectivity index (χ3v) is 1.63. The Hall–Kier alpha value is -1.42. The molecule has 1 aromatic carbocycles. The predicted octanol–water partition coefficient (Wildman–Crippen LogP) is 1.38. The van der Waals surface area contributed by atoms with Crippen LogP contribution in [0.25, 0.3) is 0 Å². The van der Waals surface area contributed by atoms with Crippen LogP contribution < -0.4 is 20.7 Å². The van der Waals surface area contributed by atoms with Crippen LogP contribution in [0.4, 0.5) is 5.69 Å². The Morgan fingerprint density at radius 2 is 2.15 bits per heavy atom. The van der Waals surface area contributed by atoms with Crippen molar-refractivity contribution in [3.05, 3.63) is 18.2 Å². The highest BCUT2D eigenvalue weighted by atomic mass is 16.5. The summed E-state index contributed by atoms with van der Waals surface area (Å²) in [5, 5.41) is 0. The molecule has 0 spiro atoms. The second kappa shape index (κ2) is 4.57. The highest BCUT2D eigenvalue weighted by Gasteiger charge is 2.03. The van der Waals surface area contributed by atoms with Crippen molar-refractivity contribution in [1.29, 1.82) is 0 Å². The molecule has 0 fully saturated rings. The summed E-state index contributed by atoms with van der Waals surface area (Å²) in [6, 6.07) is 5.43. The SMILES string of the molecule is CCOc1ccc(NN)cc1OC. The minimum atomic E-state index is 0.617. The second-order valence-electron chi connectivity index (χ2n) is 2.44. The van der Waals surface area contributed by atoms with Crippen LogP contribution in [0.3, 0.4) is 0 Å². The molecule has 4 heteroatoms. The highest BCUT2D eigenvalue weighted by Crippen LogP contribution is 2.29. The molecule has 0 aliphatic carbocycles. The molecule has 0 aliphatic rings. The maximum absolute atomic E-state index is 5.33. The number of hydrogen-bond acceptors (Lipinski definition) is 4. The van der Waals surface area contributed by atoms with E-state index in [9.17, 15) is 0 Å². The fourth-order valence-corrected chi connectivity index (χ4v) is 1.03. The van der Waals surface area contributed by atoms with Gasteiger partial charge in [-0.1, -0.05) is 0 Å². The number of hydrogen-bond donors (Lipinski definition) is 2. The van der Waals surface area contributed by atoms with Crippen molar-refractivity contribution in [2.24, 2.45) is 5.84 Å². The number of anilines is 1. The van der Waals surface area contributed by atoms with Gasteiger partial charge in [-0.15, -0.1) is 0 Å². The quantitative estimate of drug-likeness (QED) is 0.545. The number of nitrogen functional groups attached to an aromatic ring is 1. The Bertz CT molecular complexity index is 276. The van der Waals surface area contributed by atoms with Gasteiger partial charge in [0, 0.05) is 6.07 Å². The van der Waals surface area contributed by atoms with E-state index in [1.54, 1.807) is 13.2 Å². The van der Waals surface area contributed by atoms with Gasteiger partial charge < -0.3 is 14.9 Å². The molecule has 0 atom stereocenters. The summed E-state index contributed by atoms with van der Waals surface area (Å²) in [6.07, 6.45) is 0. The van der Waals surface area contributed by atoms with E-state index in [2.05, 4.69) is 5.43 Å². The molecule has 0 saturated heterocycles. The van der Waals surface area contributed by atoms with Crippen LogP contribution in [-0.2, 0) is 0 Å². The lowest BCUT2D eigenvalue weighted by Crippen LogP contribution is -2.06. The van der Waals surface area contributed by atoms with Gasteiger partial charge in [-0.25, -0.2) is 0 Å². The predicted molar refractivity (Wildman–Crippen MR) is 52.0 cm³/mol. The Labute approximate surface area is 77.6 Å². The third kappa shape index (κ3) is 2.26. The molecule has 0 radical (unpaired) electrons. The van der Waals surface area contributed by atoms with E-state index in [1.807, 2.05) is 19.1 Å². The average Bonchev–Trinajstić information content (AvgIpc) is 2.19. The van der Waals surface area contributed by atoms with Crippen LogP contribution in [0.1, 0.15) is 6.92 Å². The minimum Gasteiger partial charge on any atom is -0.493 e. The largest absolute Gasteiger partial charge is 0.493 e. The maximum atomic E-state index is 5.33. The summed E-state index contributed by atoms with van der Waals surface area (Å²) in [6.45, 7) is 2.54. The maximum Gasteiger partial charge on any atom is 0.162 e. The summed E-state index contributed by atoms with van der Waals surface area (Å²) in [5.74, 6) is 6.66. The molecule has 1 rings (SSSR count). The van der Waals surface area contributed by atoms with E-state index in [1.165, 1.54) is 0 Å². The van der Waals surface area contributed by atoms with E-state index in [0.717, 1.165) is 11.4 Å². The fraction of sp³-hybridized carbons (Fsp3) is 0.333. The summed E-state index contributed by atoms with van der Waals surface area (Å²) in [5.41, 5.74) is 3.33. The zero-order valence-corrected chi connectivity index (χ0v) is 7.83. The first-order chi connectivity index (χ1) is 6.31. The minimum absolute atomic E-state index is 0.617. The van der Waals surface area contributed by atoms with Crippen LogP contribution in [0, 0.1) is 0 Å². The van der Waals surface area contributed by atoms with E-state index < -0.39 is 0 Å². The molecule has 0 unspecified atom stereocenters. The lowest BCUT2D eigenvalue weighted by molar-refractivity contribution is 0.311. The van der Waals surface area contributed by atoms with Gasteiger partial charge in [0.1, 0.15) is 0 Å². The van der Waals surface area contributed by atoms with Crippen LogP contribution >= 0.6 is 0 Å². The molecule has 72 valence electrons. The van der Waals surface area contributed by atoms with Gasteiger partial charge in [0.25, 0.3) is 0 Å². The Morgan fingerprint density at radius 3 is 2.69 bits per heavy atom. The number of benzene rings is 1. The van der Waals surface area contributed by atoms with E-state index >= 15 is 0 Å². The zero-order valence-electron chi connectivity index (χ0n) is 7.83. The number of ether oxygens (including phenoxy) is 2. The van der Waals surface area contributed by atoms with Crippen molar-refractivity contribution >= 4 is 5.69 Å². The number of methoxy groups -OCH3 is 1. The molecule has 13 heavy (non-hydrogen) atoms. The van der Waals surface area contributed by atoms with Crippen LogP contribution in [0.5, 0.6) is 11.5 Å². The average molecular weight is 182 g/mol. The van der Waals surface area contributed by atoms with Gasteiger partial charge in [-0.2, -0.15) is 0 Å². The Balaban J connectivity index is 2.93. The van der Waals surface area contributed by atoms with Crippen molar-refractivity contribution in [3.63, 3.8) is 0 Å². The third-order valence-electron chi connectivity index (χ3n) is 1.63. The summed E-state index contributed by atoms with van der Waals surface area (Å²) >= 11 is 0. The Morgan fingerprint density at radius 1 is 1.38 bits per heavy atom. The van der Waals surface area contributed by atoms with E-state index in [0.29, 0.717) is 12.4 Å². The van der Waals surface area contributed by atoms with Crippen molar-refractivity contribution in [1.82, 2.24) is 0 Å². The lowest BCUT2D eigenvalue weighted by atomic mass is 10.3. The van der Waals surface area contributed by atoms with Gasteiger partial charge in [-0.3, -0.25) is 5.84 Å². The molecular formula is C9H14N2O2. The topological polar surface area (TPSA) is 56.5 Å². The normalized spacial score (nSPS) is 9.46. The molecule has 0 aromatic heterocycles. The highest BCUT2D eigenvalue weighted by molar-refractivity contribution is 5.54. The molecule has 0 saturated carbocycles. The fourth-order valence-electron chi connectivity index (χ4n) is 1.03. The summed E-state index contributed by atoms with van der Waals surface area (Å²) in [7, 11) is 1.60. The zero-order chi connectivity index (χ0) is 9.68. The summed E-state index contributed by atoms with van der Waals surface area (Å²) in [4.78, 5) is 0. The van der Waals surface area contributed by atoms with Gasteiger partial charge in [-0.05, 0) is 19.1 Å². The van der Waals surface area contributed by atoms with Gasteiger partial charge in [0.2, 0.25) is 0 Å². The van der Waals surface area contributed by atoms with Gasteiger partial charge in [0.15, 0.2) is 11.5 Å². The summed E-state index contributed by atoms with van der Waals surface area (Å²) < 4.78 is 10.5. The molecule has 1 aromatic rings.